The number of nitrogens with zero attached hydrogens (tertiary/aromatic N) is 1. The first-order valence-electron chi connectivity index (χ1n) is 11.5. The van der Waals surface area contributed by atoms with Crippen LogP contribution in [0, 0.1) is 13.8 Å². The van der Waals surface area contributed by atoms with Crippen molar-refractivity contribution in [3.05, 3.63) is 76.2 Å². The number of esters is 2. The molecule has 36 heavy (non-hydrogen) atoms. The fraction of sp³-hybridized carbons (Fsp3) is 0.207. The van der Waals surface area contributed by atoms with E-state index >= 15 is 0 Å². The van der Waals surface area contributed by atoms with Gasteiger partial charge >= 0.3 is 11.9 Å². The van der Waals surface area contributed by atoms with E-state index < -0.39 is 11.9 Å². The highest BCUT2D eigenvalue weighted by atomic mass is 32.1. The zero-order valence-electron chi connectivity index (χ0n) is 20.9. The van der Waals surface area contributed by atoms with Crippen LogP contribution >= 0.6 is 11.3 Å². The van der Waals surface area contributed by atoms with Crippen molar-refractivity contribution in [2.24, 2.45) is 4.99 Å². The van der Waals surface area contributed by atoms with Crippen molar-refractivity contribution in [2.75, 3.05) is 13.7 Å². The molecule has 0 aliphatic carbocycles. The summed E-state index contributed by atoms with van der Waals surface area (Å²) in [6.07, 6.45) is 1.62. The van der Waals surface area contributed by atoms with Gasteiger partial charge in [-0.25, -0.2) is 9.79 Å². The van der Waals surface area contributed by atoms with E-state index in [4.69, 9.17) is 14.2 Å². The molecule has 0 bridgehead atoms. The summed E-state index contributed by atoms with van der Waals surface area (Å²) in [5.41, 5.74) is 3.76. The SMILES string of the molecule is CCOC(=O)c1c(/N=C/c2cc(C)ccc2OC(C)=O)sc(C)c1-c1ccc2cc(OC)ccc2c1. The minimum Gasteiger partial charge on any atom is -0.497 e. The highest BCUT2D eigenvalue weighted by Crippen LogP contribution is 2.43. The predicted molar refractivity (Wildman–Crippen MR) is 144 cm³/mol. The molecule has 0 fully saturated rings. The first-order valence-corrected chi connectivity index (χ1v) is 12.3. The quantitative estimate of drug-likeness (QED) is 0.154. The zero-order valence-corrected chi connectivity index (χ0v) is 21.7. The molecule has 0 saturated heterocycles. The molecule has 7 heteroatoms. The van der Waals surface area contributed by atoms with E-state index in [0.29, 0.717) is 21.9 Å². The van der Waals surface area contributed by atoms with Crippen LogP contribution in [0.1, 0.15) is 40.2 Å². The van der Waals surface area contributed by atoms with E-state index in [0.717, 1.165) is 38.1 Å². The molecule has 0 atom stereocenters. The van der Waals surface area contributed by atoms with E-state index in [2.05, 4.69) is 11.1 Å². The summed E-state index contributed by atoms with van der Waals surface area (Å²) in [4.78, 5) is 30.3. The second kappa shape index (κ2) is 10.7. The van der Waals surface area contributed by atoms with Crippen LogP contribution in [0.4, 0.5) is 5.00 Å². The Morgan fingerprint density at radius 1 is 1.00 bits per heavy atom. The molecule has 0 amide bonds. The molecular formula is C29H27NO5S. The highest BCUT2D eigenvalue weighted by Gasteiger charge is 2.24. The topological polar surface area (TPSA) is 74.2 Å². The smallest absolute Gasteiger partial charge is 0.341 e. The fourth-order valence-electron chi connectivity index (χ4n) is 4.01. The number of methoxy groups -OCH3 is 1. The minimum absolute atomic E-state index is 0.252. The maximum atomic E-state index is 13.1. The number of aliphatic imine (C=N–C) groups is 1. The first-order chi connectivity index (χ1) is 17.3. The van der Waals surface area contributed by atoms with Gasteiger partial charge in [-0.05, 0) is 67.4 Å². The normalized spacial score (nSPS) is 11.1. The van der Waals surface area contributed by atoms with Gasteiger partial charge in [-0.2, -0.15) is 0 Å². The van der Waals surface area contributed by atoms with Gasteiger partial charge in [0.15, 0.2) is 0 Å². The number of carbonyl (C=O) groups is 2. The minimum atomic E-state index is -0.428. The van der Waals surface area contributed by atoms with Gasteiger partial charge in [-0.15, -0.1) is 11.3 Å². The number of hydrogen-bond donors (Lipinski definition) is 0. The summed E-state index contributed by atoms with van der Waals surface area (Å²) in [6.45, 7) is 7.30. The van der Waals surface area contributed by atoms with Crippen LogP contribution in [-0.2, 0) is 9.53 Å². The third-order valence-electron chi connectivity index (χ3n) is 5.62. The maximum Gasteiger partial charge on any atom is 0.341 e. The summed E-state index contributed by atoms with van der Waals surface area (Å²) in [6, 6.07) is 17.4. The number of rotatable bonds is 7. The molecule has 0 aliphatic rings. The summed E-state index contributed by atoms with van der Waals surface area (Å²) < 4.78 is 16.1. The fourth-order valence-corrected chi connectivity index (χ4v) is 5.02. The molecule has 1 aromatic heterocycles. The molecule has 4 rings (SSSR count). The third kappa shape index (κ3) is 5.31. The summed E-state index contributed by atoms with van der Waals surface area (Å²) in [5.74, 6) is 0.357. The van der Waals surface area contributed by atoms with Gasteiger partial charge in [-0.3, -0.25) is 4.79 Å². The van der Waals surface area contributed by atoms with Crippen molar-refractivity contribution in [1.29, 1.82) is 0 Å². The Morgan fingerprint density at radius 3 is 2.47 bits per heavy atom. The number of carbonyl (C=O) groups excluding carboxylic acids is 2. The molecule has 0 N–H and O–H groups in total. The van der Waals surface area contributed by atoms with E-state index in [1.807, 2.05) is 56.3 Å². The van der Waals surface area contributed by atoms with E-state index in [9.17, 15) is 9.59 Å². The van der Waals surface area contributed by atoms with Crippen molar-refractivity contribution in [2.45, 2.75) is 27.7 Å². The van der Waals surface area contributed by atoms with Gasteiger partial charge in [-0.1, -0.05) is 29.8 Å². The number of thiophene rings is 1. The predicted octanol–water partition coefficient (Wildman–Crippen LogP) is 7.05. The van der Waals surface area contributed by atoms with Crippen molar-refractivity contribution < 1.29 is 23.8 Å². The number of aryl methyl sites for hydroxylation is 2. The van der Waals surface area contributed by atoms with Crippen LogP contribution in [0.5, 0.6) is 11.5 Å². The van der Waals surface area contributed by atoms with Crippen molar-refractivity contribution in [1.82, 2.24) is 0 Å². The third-order valence-corrected chi connectivity index (χ3v) is 6.63. The second-order valence-corrected chi connectivity index (χ2v) is 9.46. The molecule has 0 unspecified atom stereocenters. The molecule has 6 nitrogen and oxygen atoms in total. The van der Waals surface area contributed by atoms with E-state index in [1.165, 1.54) is 18.3 Å². The molecular weight excluding hydrogens is 474 g/mol. The summed E-state index contributed by atoms with van der Waals surface area (Å²) >= 11 is 1.42. The van der Waals surface area contributed by atoms with Gasteiger partial charge in [0.25, 0.3) is 0 Å². The van der Waals surface area contributed by atoms with Gasteiger partial charge < -0.3 is 14.2 Å². The average Bonchev–Trinajstić information content (AvgIpc) is 3.19. The molecule has 4 aromatic rings. The summed E-state index contributed by atoms with van der Waals surface area (Å²) in [5, 5.41) is 2.61. The Kier molecular flexibility index (Phi) is 7.50. The Balaban J connectivity index is 1.83. The standard InChI is InChI=1S/C29H27NO5S/c1-6-34-29(32)27-26(22-9-8-21-15-24(33-5)11-10-20(21)14-22)18(3)36-28(27)30-16-23-13-17(2)7-12-25(23)35-19(4)31/h7-16H,6H2,1-5H3/b30-16+. The van der Waals surface area contributed by atoms with Gasteiger partial charge in [0, 0.05) is 29.1 Å². The molecule has 184 valence electrons. The lowest BCUT2D eigenvalue weighted by atomic mass is 9.98. The number of hydrogen-bond acceptors (Lipinski definition) is 7. The molecule has 0 radical (unpaired) electrons. The van der Waals surface area contributed by atoms with E-state index in [-0.39, 0.29) is 6.61 Å². The lowest BCUT2D eigenvalue weighted by Crippen LogP contribution is -2.06. The highest BCUT2D eigenvalue weighted by molar-refractivity contribution is 7.16. The van der Waals surface area contributed by atoms with Crippen LogP contribution in [0.15, 0.2) is 59.6 Å². The molecule has 0 spiro atoms. The first kappa shape index (κ1) is 25.1. The Morgan fingerprint density at radius 2 is 1.75 bits per heavy atom. The molecule has 3 aromatic carbocycles. The monoisotopic (exact) mass is 501 g/mol. The van der Waals surface area contributed by atoms with Gasteiger partial charge in [0.2, 0.25) is 0 Å². The molecule has 0 saturated carbocycles. The van der Waals surface area contributed by atoms with Crippen molar-refractivity contribution in [3.63, 3.8) is 0 Å². The van der Waals surface area contributed by atoms with Crippen molar-refractivity contribution in [3.8, 4) is 22.6 Å². The lowest BCUT2D eigenvalue weighted by molar-refractivity contribution is -0.131. The van der Waals surface area contributed by atoms with Crippen LogP contribution in [0.2, 0.25) is 0 Å². The van der Waals surface area contributed by atoms with Crippen LogP contribution in [0.25, 0.3) is 21.9 Å². The van der Waals surface area contributed by atoms with Crippen LogP contribution in [-0.4, -0.2) is 31.9 Å². The van der Waals surface area contributed by atoms with Crippen molar-refractivity contribution >= 4 is 45.3 Å². The molecule has 1 heterocycles. The number of benzene rings is 3. The number of fused-ring (bicyclic) bond motifs is 1. The Labute approximate surface area is 214 Å². The summed E-state index contributed by atoms with van der Waals surface area (Å²) in [7, 11) is 1.64. The van der Waals surface area contributed by atoms with Crippen LogP contribution in [0.3, 0.4) is 0 Å². The molecule has 0 aliphatic heterocycles. The van der Waals surface area contributed by atoms with Gasteiger partial charge in [0.05, 0.1) is 13.7 Å². The van der Waals surface area contributed by atoms with Crippen LogP contribution < -0.4 is 9.47 Å². The Hall–Kier alpha value is -3.97. The average molecular weight is 502 g/mol. The van der Waals surface area contributed by atoms with Gasteiger partial charge in [0.1, 0.15) is 22.1 Å². The maximum absolute atomic E-state index is 13.1. The van der Waals surface area contributed by atoms with E-state index in [1.54, 1.807) is 26.3 Å². The Bertz CT molecular complexity index is 1480. The lowest BCUT2D eigenvalue weighted by Gasteiger charge is -2.09. The largest absolute Gasteiger partial charge is 0.497 e. The second-order valence-electron chi connectivity index (χ2n) is 8.25. The number of ether oxygens (including phenoxy) is 3. The zero-order chi connectivity index (χ0) is 25.8.